The molecular weight excluding hydrogens is 408 g/mol. The Hall–Kier alpha value is -1.45. The zero-order valence-corrected chi connectivity index (χ0v) is 18.9. The van der Waals surface area contributed by atoms with Gasteiger partial charge in [0.25, 0.3) is 0 Å². The first kappa shape index (κ1) is 26.6. The summed E-state index contributed by atoms with van der Waals surface area (Å²) in [5.41, 5.74) is 0. The number of aliphatic carboxylic acids is 1. The van der Waals surface area contributed by atoms with Crippen LogP contribution in [-0.4, -0.2) is 39.7 Å². The molecule has 9 heteroatoms. The first-order chi connectivity index (χ1) is 14.3. The molecule has 174 valence electrons. The van der Waals surface area contributed by atoms with Gasteiger partial charge in [0.2, 0.25) is 0 Å². The lowest BCUT2D eigenvalue weighted by molar-refractivity contribution is -0.137. The largest absolute Gasteiger partial charge is 0.481 e. The van der Waals surface area contributed by atoms with E-state index in [4.69, 9.17) is 9.29 Å². The van der Waals surface area contributed by atoms with Gasteiger partial charge >= 0.3 is 16.4 Å². The quantitative estimate of drug-likeness (QED) is 0.222. The van der Waals surface area contributed by atoms with E-state index in [0.29, 0.717) is 19.3 Å². The van der Waals surface area contributed by atoms with E-state index in [2.05, 4.69) is 11.9 Å². The van der Waals surface area contributed by atoms with Crippen LogP contribution in [0.3, 0.4) is 0 Å². The number of hydrogen-bond acceptors (Lipinski definition) is 5. The van der Waals surface area contributed by atoms with E-state index >= 15 is 0 Å². The molecule has 1 aromatic heterocycles. The highest BCUT2D eigenvalue weighted by atomic mass is 32.3. The van der Waals surface area contributed by atoms with E-state index in [-0.39, 0.29) is 12.5 Å². The van der Waals surface area contributed by atoms with Gasteiger partial charge in [0.15, 0.2) is 0 Å². The Bertz CT molecular complexity index is 663. The third kappa shape index (κ3) is 13.0. The molecular formula is C21H38N2O6S. The van der Waals surface area contributed by atoms with Crippen molar-refractivity contribution in [3.8, 4) is 0 Å². The summed E-state index contributed by atoms with van der Waals surface area (Å²) in [6, 6.07) is -0.232. The van der Waals surface area contributed by atoms with E-state index in [9.17, 15) is 17.8 Å². The normalized spacial score (nSPS) is 13.9. The van der Waals surface area contributed by atoms with Gasteiger partial charge in [-0.2, -0.15) is 8.42 Å². The van der Waals surface area contributed by atoms with Crippen LogP contribution in [0.2, 0.25) is 0 Å². The van der Waals surface area contributed by atoms with Crippen LogP contribution < -0.4 is 0 Å². The Kier molecular flexibility index (Phi) is 13.6. The zero-order chi connectivity index (χ0) is 22.2. The number of rotatable bonds is 19. The van der Waals surface area contributed by atoms with Crippen molar-refractivity contribution in [1.29, 1.82) is 0 Å². The van der Waals surface area contributed by atoms with Crippen LogP contribution in [-0.2, 0) is 19.4 Å². The van der Waals surface area contributed by atoms with Crippen LogP contribution in [0.15, 0.2) is 18.7 Å². The number of carboxylic acids is 1. The summed E-state index contributed by atoms with van der Waals surface area (Å²) in [6.45, 7) is 2.16. The van der Waals surface area contributed by atoms with Gasteiger partial charge in [0, 0.05) is 18.8 Å². The summed E-state index contributed by atoms with van der Waals surface area (Å²) in [4.78, 5) is 14.6. The molecule has 0 aromatic carbocycles. The van der Waals surface area contributed by atoms with Crippen molar-refractivity contribution < 1.29 is 27.1 Å². The maximum atomic E-state index is 11.5. The first-order valence-corrected chi connectivity index (χ1v) is 12.5. The van der Waals surface area contributed by atoms with Gasteiger partial charge < -0.3 is 9.67 Å². The van der Waals surface area contributed by atoms with Crippen molar-refractivity contribution in [3.05, 3.63) is 18.7 Å². The average Bonchev–Trinajstić information content (AvgIpc) is 3.19. The number of hydrogen-bond donors (Lipinski definition) is 2. The molecule has 2 atom stereocenters. The summed E-state index contributed by atoms with van der Waals surface area (Å²) in [5.74, 6) is -0.768. The Morgan fingerprint density at radius 2 is 1.60 bits per heavy atom. The number of carbonyl (C=O) groups is 1. The molecule has 0 fully saturated rings. The van der Waals surface area contributed by atoms with Gasteiger partial charge in [-0.15, -0.1) is 0 Å². The van der Waals surface area contributed by atoms with Crippen LogP contribution in [0.25, 0.3) is 0 Å². The third-order valence-corrected chi connectivity index (χ3v) is 5.81. The second-order valence-electron chi connectivity index (χ2n) is 7.90. The second kappa shape index (κ2) is 15.4. The number of aromatic nitrogens is 2. The van der Waals surface area contributed by atoms with Gasteiger partial charge in [-0.3, -0.25) is 9.35 Å². The van der Waals surface area contributed by atoms with Crippen LogP contribution in [0.5, 0.6) is 0 Å². The predicted octanol–water partition coefficient (Wildman–Crippen LogP) is 5.18. The highest BCUT2D eigenvalue weighted by molar-refractivity contribution is 7.80. The lowest BCUT2D eigenvalue weighted by atomic mass is 9.97. The van der Waals surface area contributed by atoms with Gasteiger partial charge in [0.05, 0.1) is 12.4 Å². The Labute approximate surface area is 181 Å². The lowest BCUT2D eigenvalue weighted by Gasteiger charge is -2.27. The molecule has 30 heavy (non-hydrogen) atoms. The molecule has 1 aromatic rings. The Morgan fingerprint density at radius 3 is 2.17 bits per heavy atom. The summed E-state index contributed by atoms with van der Waals surface area (Å²) >= 11 is 0. The molecule has 8 nitrogen and oxygen atoms in total. The number of imidazole rings is 1. The molecule has 0 radical (unpaired) electrons. The van der Waals surface area contributed by atoms with E-state index in [1.807, 2.05) is 4.57 Å². The molecule has 0 saturated heterocycles. The summed E-state index contributed by atoms with van der Waals surface area (Å²) in [5, 5.41) is 8.69. The molecule has 0 spiro atoms. The van der Waals surface area contributed by atoms with Crippen LogP contribution in [0.4, 0.5) is 0 Å². The number of nitrogens with zero attached hydrogens (tertiary/aromatic N) is 2. The molecule has 2 N–H and O–H groups in total. The minimum atomic E-state index is -4.55. The third-order valence-electron chi connectivity index (χ3n) is 5.31. The average molecular weight is 447 g/mol. The van der Waals surface area contributed by atoms with Crippen molar-refractivity contribution >= 4 is 16.4 Å². The molecule has 0 aliphatic carbocycles. The van der Waals surface area contributed by atoms with Gasteiger partial charge in [-0.05, 0) is 19.3 Å². The molecule has 0 aliphatic heterocycles. The smallest absolute Gasteiger partial charge is 0.397 e. The highest BCUT2D eigenvalue weighted by Gasteiger charge is 2.27. The fraction of sp³-hybridized carbons (Fsp3) is 0.810. The van der Waals surface area contributed by atoms with Crippen molar-refractivity contribution in [2.24, 2.45) is 0 Å². The molecule has 0 saturated carbocycles. The SMILES string of the molecule is CCCCCCCCC(OS(=O)(=O)O)C(CCCCCCCC(=O)O)n1ccnc1. The minimum Gasteiger partial charge on any atom is -0.481 e. The minimum absolute atomic E-state index is 0.195. The zero-order valence-electron chi connectivity index (χ0n) is 18.1. The van der Waals surface area contributed by atoms with Crippen molar-refractivity contribution in [2.75, 3.05) is 0 Å². The Balaban J connectivity index is 2.60. The van der Waals surface area contributed by atoms with Gasteiger partial charge in [-0.25, -0.2) is 9.17 Å². The topological polar surface area (TPSA) is 119 Å². The summed E-state index contributed by atoms with van der Waals surface area (Å²) in [6.07, 6.45) is 16.7. The monoisotopic (exact) mass is 446 g/mol. The van der Waals surface area contributed by atoms with Gasteiger partial charge in [-0.1, -0.05) is 71.1 Å². The van der Waals surface area contributed by atoms with Crippen molar-refractivity contribution in [2.45, 2.75) is 109 Å². The number of carboxylic acid groups (broad SMARTS) is 1. The first-order valence-electron chi connectivity index (χ1n) is 11.2. The fourth-order valence-electron chi connectivity index (χ4n) is 3.74. The van der Waals surface area contributed by atoms with E-state index < -0.39 is 22.5 Å². The van der Waals surface area contributed by atoms with Crippen molar-refractivity contribution in [1.82, 2.24) is 9.55 Å². The summed E-state index contributed by atoms with van der Waals surface area (Å²) < 4.78 is 39.2. The molecule has 1 heterocycles. The lowest BCUT2D eigenvalue weighted by Crippen LogP contribution is -2.29. The van der Waals surface area contributed by atoms with Gasteiger partial charge in [0.1, 0.15) is 6.10 Å². The van der Waals surface area contributed by atoms with E-state index in [1.165, 1.54) is 19.3 Å². The molecule has 0 bridgehead atoms. The predicted molar refractivity (Wildman–Crippen MR) is 116 cm³/mol. The summed E-state index contributed by atoms with van der Waals surface area (Å²) in [7, 11) is -4.55. The van der Waals surface area contributed by atoms with Crippen LogP contribution >= 0.6 is 0 Å². The van der Waals surface area contributed by atoms with Crippen LogP contribution in [0.1, 0.15) is 103 Å². The molecule has 0 aliphatic rings. The maximum absolute atomic E-state index is 11.5. The molecule has 1 rings (SSSR count). The van der Waals surface area contributed by atoms with Crippen LogP contribution in [0, 0.1) is 0 Å². The fourth-order valence-corrected chi connectivity index (χ4v) is 4.28. The second-order valence-corrected chi connectivity index (χ2v) is 8.94. The standard InChI is InChI=1S/C21H38N2O6S/c1-2-3-4-5-8-11-14-20(29-30(26,27)28)19(23-17-16-22-18-23)13-10-7-6-9-12-15-21(24)25/h16-20H,2-15H2,1H3,(H,24,25)(H,26,27,28). The maximum Gasteiger partial charge on any atom is 0.397 e. The molecule has 0 amide bonds. The molecule has 2 unspecified atom stereocenters. The van der Waals surface area contributed by atoms with Crippen molar-refractivity contribution in [3.63, 3.8) is 0 Å². The highest BCUT2D eigenvalue weighted by Crippen LogP contribution is 2.27. The van der Waals surface area contributed by atoms with E-state index in [0.717, 1.165) is 44.9 Å². The Morgan fingerprint density at radius 1 is 1.00 bits per heavy atom. The van der Waals surface area contributed by atoms with E-state index in [1.54, 1.807) is 18.7 Å². The number of unbranched alkanes of at least 4 members (excludes halogenated alkanes) is 9.